The quantitative estimate of drug-likeness (QED) is 0.790. The SMILES string of the molecule is CC(C)(C)c1noc(-c2ccc(-n3cnc(C(=O)O)c3)nc2)n1. The Balaban J connectivity index is 1.87. The van der Waals surface area contributed by atoms with Crippen molar-refractivity contribution in [2.45, 2.75) is 26.2 Å². The van der Waals surface area contributed by atoms with E-state index in [-0.39, 0.29) is 11.1 Å². The Labute approximate surface area is 131 Å². The topological polar surface area (TPSA) is 107 Å². The molecule has 0 bridgehead atoms. The summed E-state index contributed by atoms with van der Waals surface area (Å²) >= 11 is 0. The van der Waals surface area contributed by atoms with E-state index in [1.165, 1.54) is 17.1 Å². The number of hydrogen-bond acceptors (Lipinski definition) is 6. The average molecular weight is 313 g/mol. The van der Waals surface area contributed by atoms with Gasteiger partial charge in [0.25, 0.3) is 5.89 Å². The number of carbonyl (C=O) groups is 1. The zero-order valence-corrected chi connectivity index (χ0v) is 12.9. The Hall–Kier alpha value is -3.03. The van der Waals surface area contributed by atoms with Crippen LogP contribution >= 0.6 is 0 Å². The van der Waals surface area contributed by atoms with Crippen LogP contribution in [0.1, 0.15) is 37.1 Å². The highest BCUT2D eigenvalue weighted by molar-refractivity contribution is 5.85. The van der Waals surface area contributed by atoms with Gasteiger partial charge >= 0.3 is 5.97 Å². The molecule has 1 N–H and O–H groups in total. The van der Waals surface area contributed by atoms with Crippen molar-refractivity contribution >= 4 is 5.97 Å². The average Bonchev–Trinajstić information content (AvgIpc) is 3.16. The van der Waals surface area contributed by atoms with Crippen LogP contribution < -0.4 is 0 Å². The third-order valence-electron chi connectivity index (χ3n) is 3.16. The summed E-state index contributed by atoms with van der Waals surface area (Å²) in [5.74, 6) is 0.480. The van der Waals surface area contributed by atoms with Crippen LogP contribution in [0.3, 0.4) is 0 Å². The number of carboxylic acids is 1. The molecule has 0 aromatic carbocycles. The molecular weight excluding hydrogens is 298 g/mol. The van der Waals surface area contributed by atoms with Crippen LogP contribution in [0.2, 0.25) is 0 Å². The smallest absolute Gasteiger partial charge is 0.356 e. The normalized spacial score (nSPS) is 11.6. The van der Waals surface area contributed by atoms with Crippen molar-refractivity contribution in [2.24, 2.45) is 0 Å². The minimum atomic E-state index is -1.08. The van der Waals surface area contributed by atoms with E-state index < -0.39 is 5.97 Å². The second-order valence-corrected chi connectivity index (χ2v) is 6.05. The zero-order valence-electron chi connectivity index (χ0n) is 12.9. The van der Waals surface area contributed by atoms with Gasteiger partial charge in [0.2, 0.25) is 0 Å². The predicted molar refractivity (Wildman–Crippen MR) is 80.3 cm³/mol. The summed E-state index contributed by atoms with van der Waals surface area (Å²) in [5, 5.41) is 12.9. The minimum absolute atomic E-state index is 0.0393. The van der Waals surface area contributed by atoms with Gasteiger partial charge in [-0.3, -0.25) is 4.57 Å². The van der Waals surface area contributed by atoms with Gasteiger partial charge in [-0.15, -0.1) is 0 Å². The van der Waals surface area contributed by atoms with E-state index in [0.29, 0.717) is 23.1 Å². The Morgan fingerprint density at radius 1 is 1.26 bits per heavy atom. The molecule has 0 radical (unpaired) electrons. The number of imidazole rings is 1. The lowest BCUT2D eigenvalue weighted by Gasteiger charge is -2.10. The lowest BCUT2D eigenvalue weighted by Crippen LogP contribution is -2.13. The van der Waals surface area contributed by atoms with Crippen LogP contribution in [-0.2, 0) is 5.41 Å². The summed E-state index contributed by atoms with van der Waals surface area (Å²) in [6.45, 7) is 6.01. The summed E-state index contributed by atoms with van der Waals surface area (Å²) in [5.41, 5.74) is 0.456. The van der Waals surface area contributed by atoms with Gasteiger partial charge in [-0.05, 0) is 12.1 Å². The first-order valence-corrected chi connectivity index (χ1v) is 6.93. The van der Waals surface area contributed by atoms with Crippen LogP contribution in [0, 0.1) is 0 Å². The molecule has 3 rings (SSSR count). The lowest BCUT2D eigenvalue weighted by molar-refractivity contribution is 0.0691. The molecule has 0 atom stereocenters. The number of nitrogens with zero attached hydrogens (tertiary/aromatic N) is 5. The van der Waals surface area contributed by atoms with Crippen molar-refractivity contribution in [3.8, 4) is 17.3 Å². The largest absolute Gasteiger partial charge is 0.476 e. The molecule has 8 nitrogen and oxygen atoms in total. The van der Waals surface area contributed by atoms with E-state index in [9.17, 15) is 4.79 Å². The van der Waals surface area contributed by atoms with Crippen molar-refractivity contribution in [2.75, 3.05) is 0 Å². The maximum Gasteiger partial charge on any atom is 0.356 e. The molecule has 0 aliphatic rings. The molecule has 0 saturated carbocycles. The van der Waals surface area contributed by atoms with Gasteiger partial charge in [0.05, 0.1) is 5.56 Å². The monoisotopic (exact) mass is 313 g/mol. The molecular formula is C15H15N5O3. The minimum Gasteiger partial charge on any atom is -0.476 e. The van der Waals surface area contributed by atoms with E-state index in [1.807, 2.05) is 20.8 Å². The summed E-state index contributed by atoms with van der Waals surface area (Å²) in [7, 11) is 0. The fraction of sp³-hybridized carbons (Fsp3) is 0.267. The first kappa shape index (κ1) is 14.9. The summed E-state index contributed by atoms with van der Waals surface area (Å²) in [6.07, 6.45) is 4.39. The molecule has 0 fully saturated rings. The number of hydrogen-bond donors (Lipinski definition) is 1. The van der Waals surface area contributed by atoms with E-state index >= 15 is 0 Å². The maximum atomic E-state index is 10.8. The molecule has 0 amide bonds. The molecule has 0 aliphatic heterocycles. The van der Waals surface area contributed by atoms with Gasteiger partial charge in [0.1, 0.15) is 12.1 Å². The predicted octanol–water partition coefficient (Wildman–Crippen LogP) is 2.31. The van der Waals surface area contributed by atoms with Gasteiger partial charge in [-0.25, -0.2) is 14.8 Å². The number of rotatable bonds is 3. The molecule has 0 spiro atoms. The Morgan fingerprint density at radius 3 is 2.57 bits per heavy atom. The van der Waals surface area contributed by atoms with Crippen LogP contribution in [-0.4, -0.2) is 35.8 Å². The van der Waals surface area contributed by atoms with E-state index in [2.05, 4.69) is 20.1 Å². The number of aromatic carboxylic acids is 1. The number of aromatic nitrogens is 5. The van der Waals surface area contributed by atoms with Crippen molar-refractivity contribution in [1.82, 2.24) is 24.7 Å². The molecule has 0 aliphatic carbocycles. The van der Waals surface area contributed by atoms with E-state index in [4.69, 9.17) is 9.63 Å². The van der Waals surface area contributed by atoms with Crippen molar-refractivity contribution in [3.63, 3.8) is 0 Å². The molecule has 3 heterocycles. The van der Waals surface area contributed by atoms with Crippen molar-refractivity contribution in [1.29, 1.82) is 0 Å². The first-order valence-electron chi connectivity index (χ1n) is 6.93. The molecule has 8 heteroatoms. The van der Waals surface area contributed by atoms with Gasteiger partial charge in [0, 0.05) is 17.8 Å². The molecule has 3 aromatic heterocycles. The Kier molecular flexibility index (Phi) is 3.44. The van der Waals surface area contributed by atoms with Crippen LogP contribution in [0.4, 0.5) is 0 Å². The van der Waals surface area contributed by atoms with Gasteiger partial charge in [0.15, 0.2) is 11.5 Å². The van der Waals surface area contributed by atoms with Gasteiger partial charge < -0.3 is 9.63 Å². The Morgan fingerprint density at radius 2 is 2.04 bits per heavy atom. The number of carboxylic acid groups (broad SMARTS) is 1. The second-order valence-electron chi connectivity index (χ2n) is 6.05. The van der Waals surface area contributed by atoms with Gasteiger partial charge in [-0.1, -0.05) is 25.9 Å². The summed E-state index contributed by atoms with van der Waals surface area (Å²) in [6, 6.07) is 3.51. The van der Waals surface area contributed by atoms with E-state index in [1.54, 1.807) is 18.3 Å². The van der Waals surface area contributed by atoms with Crippen LogP contribution in [0.5, 0.6) is 0 Å². The van der Waals surface area contributed by atoms with Crippen molar-refractivity contribution in [3.05, 3.63) is 42.4 Å². The molecule has 0 unspecified atom stereocenters. The highest BCUT2D eigenvalue weighted by Crippen LogP contribution is 2.23. The lowest BCUT2D eigenvalue weighted by atomic mass is 9.96. The second kappa shape index (κ2) is 5.31. The van der Waals surface area contributed by atoms with Crippen molar-refractivity contribution < 1.29 is 14.4 Å². The van der Waals surface area contributed by atoms with Gasteiger partial charge in [-0.2, -0.15) is 4.98 Å². The molecule has 3 aromatic rings. The third kappa shape index (κ3) is 2.96. The molecule has 118 valence electrons. The maximum absolute atomic E-state index is 10.8. The standard InChI is InChI=1S/C15H15N5O3/c1-15(2,3)14-18-12(23-19-14)9-4-5-11(16-6-9)20-7-10(13(21)22)17-8-20/h4-8H,1-3H3,(H,21,22). The number of pyridine rings is 1. The summed E-state index contributed by atoms with van der Waals surface area (Å²) in [4.78, 5) is 23.3. The van der Waals surface area contributed by atoms with Crippen LogP contribution in [0.25, 0.3) is 17.3 Å². The fourth-order valence-corrected chi connectivity index (χ4v) is 1.87. The van der Waals surface area contributed by atoms with E-state index in [0.717, 1.165) is 0 Å². The van der Waals surface area contributed by atoms with Crippen LogP contribution in [0.15, 0.2) is 35.4 Å². The molecule has 23 heavy (non-hydrogen) atoms. The third-order valence-corrected chi connectivity index (χ3v) is 3.16. The highest BCUT2D eigenvalue weighted by Gasteiger charge is 2.21. The fourth-order valence-electron chi connectivity index (χ4n) is 1.87. The summed E-state index contributed by atoms with van der Waals surface area (Å²) < 4.78 is 6.79. The zero-order chi connectivity index (χ0) is 16.6. The molecule has 0 saturated heterocycles. The highest BCUT2D eigenvalue weighted by atomic mass is 16.5. The first-order chi connectivity index (χ1) is 10.8. The Bertz CT molecular complexity index is 843.